The minimum absolute atomic E-state index is 1.13. The van der Waals surface area contributed by atoms with Gasteiger partial charge in [0.25, 0.3) is 0 Å². The Morgan fingerprint density at radius 1 is 0.556 bits per heavy atom. The largest absolute Gasteiger partial charge is 0.253 e. The molecule has 1 aromatic carbocycles. The molecule has 1 heterocycles. The van der Waals surface area contributed by atoms with E-state index in [1.54, 1.807) is 0 Å². The Morgan fingerprint density at radius 3 is 1.67 bits per heavy atom. The molecule has 0 saturated carbocycles. The number of aromatic nitrogens is 1. The van der Waals surface area contributed by atoms with Crippen molar-refractivity contribution in [2.75, 3.05) is 0 Å². The summed E-state index contributed by atoms with van der Waals surface area (Å²) in [6.45, 7) is 2.29. The lowest BCUT2D eigenvalue weighted by molar-refractivity contribution is 0.532. The van der Waals surface area contributed by atoms with Crippen LogP contribution in [-0.4, -0.2) is 4.98 Å². The number of rotatable bonds is 16. The van der Waals surface area contributed by atoms with E-state index in [4.69, 9.17) is 4.98 Å². The second kappa shape index (κ2) is 14.7. The second-order valence-corrected chi connectivity index (χ2v) is 8.20. The van der Waals surface area contributed by atoms with Crippen molar-refractivity contribution in [2.24, 2.45) is 0 Å². The number of hydrogen-bond donors (Lipinski definition) is 0. The zero-order valence-corrected chi connectivity index (χ0v) is 17.7. The molecule has 2 rings (SSSR count). The van der Waals surface area contributed by atoms with Crippen LogP contribution < -0.4 is 0 Å². The molecule has 0 bridgehead atoms. The number of fused-ring (bicyclic) bond motifs is 1. The molecule has 1 aromatic heterocycles. The Morgan fingerprint density at radius 2 is 1.07 bits per heavy atom. The number of pyridine rings is 1. The highest BCUT2D eigenvalue weighted by Gasteiger charge is 1.99. The number of para-hydroxylation sites is 1. The summed E-state index contributed by atoms with van der Waals surface area (Å²) >= 11 is 0. The van der Waals surface area contributed by atoms with Crippen LogP contribution >= 0.6 is 0 Å². The van der Waals surface area contributed by atoms with Gasteiger partial charge in [0.1, 0.15) is 0 Å². The lowest BCUT2D eigenvalue weighted by atomic mass is 10.0. The zero-order chi connectivity index (χ0) is 19.0. The molecule has 0 saturated heterocycles. The summed E-state index contributed by atoms with van der Waals surface area (Å²) < 4.78 is 0. The third-order valence-electron chi connectivity index (χ3n) is 5.69. The molecule has 0 aliphatic heterocycles. The Hall–Kier alpha value is -1.37. The molecule has 0 aliphatic rings. The molecule has 1 nitrogen and oxygen atoms in total. The highest BCUT2D eigenvalue weighted by Crippen LogP contribution is 2.15. The van der Waals surface area contributed by atoms with Crippen molar-refractivity contribution in [3.8, 4) is 0 Å². The third kappa shape index (κ3) is 9.94. The summed E-state index contributed by atoms with van der Waals surface area (Å²) in [6.07, 6.45) is 22.5. The molecule has 0 spiro atoms. The summed E-state index contributed by atoms with van der Waals surface area (Å²) in [7, 11) is 0. The summed E-state index contributed by atoms with van der Waals surface area (Å²) in [6, 6.07) is 12.8. The Labute approximate surface area is 168 Å². The van der Waals surface area contributed by atoms with Gasteiger partial charge >= 0.3 is 0 Å². The van der Waals surface area contributed by atoms with Crippen molar-refractivity contribution in [1.29, 1.82) is 0 Å². The number of aryl methyl sites for hydroxylation is 1. The van der Waals surface area contributed by atoms with Crippen LogP contribution in [0.25, 0.3) is 10.9 Å². The van der Waals surface area contributed by atoms with Crippen LogP contribution in [0.2, 0.25) is 0 Å². The van der Waals surface area contributed by atoms with Crippen molar-refractivity contribution >= 4 is 10.9 Å². The minimum atomic E-state index is 1.13. The molecule has 0 amide bonds. The molecular formula is C26H41N. The van der Waals surface area contributed by atoms with Crippen molar-refractivity contribution in [3.63, 3.8) is 0 Å². The normalized spacial score (nSPS) is 11.3. The van der Waals surface area contributed by atoms with Crippen LogP contribution in [0, 0.1) is 0 Å². The van der Waals surface area contributed by atoms with Gasteiger partial charge in [-0.05, 0) is 25.0 Å². The minimum Gasteiger partial charge on any atom is -0.253 e. The molecule has 0 N–H and O–H groups in total. The maximum absolute atomic E-state index is 4.78. The summed E-state index contributed by atoms with van der Waals surface area (Å²) in [5.74, 6) is 0. The predicted molar refractivity (Wildman–Crippen MR) is 120 cm³/mol. The van der Waals surface area contributed by atoms with E-state index in [9.17, 15) is 0 Å². The van der Waals surface area contributed by atoms with E-state index in [0.717, 1.165) is 11.9 Å². The molecular weight excluding hydrogens is 326 g/mol. The summed E-state index contributed by atoms with van der Waals surface area (Å²) in [5, 5.41) is 1.25. The molecule has 150 valence electrons. The first-order chi connectivity index (χ1) is 13.4. The fourth-order valence-electron chi connectivity index (χ4n) is 3.92. The topological polar surface area (TPSA) is 12.9 Å². The van der Waals surface area contributed by atoms with Crippen LogP contribution in [0.3, 0.4) is 0 Å². The van der Waals surface area contributed by atoms with Crippen LogP contribution in [0.15, 0.2) is 36.4 Å². The van der Waals surface area contributed by atoms with Gasteiger partial charge in [-0.1, -0.05) is 121 Å². The monoisotopic (exact) mass is 367 g/mol. The predicted octanol–water partition coefficient (Wildman–Crippen LogP) is 8.65. The van der Waals surface area contributed by atoms with Crippen molar-refractivity contribution in [3.05, 3.63) is 42.1 Å². The molecule has 0 unspecified atom stereocenters. The van der Waals surface area contributed by atoms with E-state index in [1.165, 1.54) is 107 Å². The van der Waals surface area contributed by atoms with Crippen LogP contribution in [0.1, 0.15) is 109 Å². The maximum Gasteiger partial charge on any atom is 0.0705 e. The summed E-state index contributed by atoms with van der Waals surface area (Å²) in [5.41, 5.74) is 2.39. The van der Waals surface area contributed by atoms with Crippen molar-refractivity contribution in [2.45, 2.75) is 110 Å². The van der Waals surface area contributed by atoms with E-state index in [1.807, 2.05) is 0 Å². The number of hydrogen-bond acceptors (Lipinski definition) is 1. The maximum atomic E-state index is 4.78. The van der Waals surface area contributed by atoms with Gasteiger partial charge in [-0.3, -0.25) is 4.98 Å². The van der Waals surface area contributed by atoms with E-state index in [-0.39, 0.29) is 0 Å². The fraction of sp³-hybridized carbons (Fsp3) is 0.654. The molecule has 2 aromatic rings. The third-order valence-corrected chi connectivity index (χ3v) is 5.69. The van der Waals surface area contributed by atoms with E-state index >= 15 is 0 Å². The van der Waals surface area contributed by atoms with Crippen molar-refractivity contribution in [1.82, 2.24) is 4.98 Å². The first-order valence-electron chi connectivity index (χ1n) is 11.7. The zero-order valence-electron chi connectivity index (χ0n) is 17.7. The smallest absolute Gasteiger partial charge is 0.0705 e. The first kappa shape index (κ1) is 21.9. The first-order valence-corrected chi connectivity index (χ1v) is 11.7. The van der Waals surface area contributed by atoms with Gasteiger partial charge < -0.3 is 0 Å². The standard InChI is InChI=1S/C26H41N/c1-2-3-4-5-6-7-8-9-10-11-12-13-14-15-16-20-25-23-22-24-19-17-18-21-26(24)27-25/h17-19,21-23H,2-16,20H2,1H3. The number of nitrogens with zero attached hydrogens (tertiary/aromatic N) is 1. The van der Waals surface area contributed by atoms with Crippen LogP contribution in [0.4, 0.5) is 0 Å². The van der Waals surface area contributed by atoms with Gasteiger partial charge in [0.2, 0.25) is 0 Å². The lowest BCUT2D eigenvalue weighted by Gasteiger charge is -2.04. The van der Waals surface area contributed by atoms with Gasteiger partial charge in [0.15, 0.2) is 0 Å². The lowest BCUT2D eigenvalue weighted by Crippen LogP contribution is -1.91. The fourth-order valence-corrected chi connectivity index (χ4v) is 3.92. The second-order valence-electron chi connectivity index (χ2n) is 8.20. The SMILES string of the molecule is CCCCCCCCCCCCCCCCCc1ccc2ccccc2n1. The van der Waals surface area contributed by atoms with Gasteiger partial charge in [0.05, 0.1) is 5.52 Å². The molecule has 0 fully saturated rings. The number of benzene rings is 1. The molecule has 0 radical (unpaired) electrons. The van der Waals surface area contributed by atoms with Gasteiger partial charge in [0, 0.05) is 11.1 Å². The van der Waals surface area contributed by atoms with Gasteiger partial charge in [-0.15, -0.1) is 0 Å². The van der Waals surface area contributed by atoms with Crippen LogP contribution in [-0.2, 0) is 6.42 Å². The molecule has 0 atom stereocenters. The van der Waals surface area contributed by atoms with E-state index < -0.39 is 0 Å². The Balaban J connectivity index is 1.37. The molecule has 27 heavy (non-hydrogen) atoms. The average Bonchev–Trinajstić information content (AvgIpc) is 2.71. The van der Waals surface area contributed by atoms with Gasteiger partial charge in [-0.2, -0.15) is 0 Å². The average molecular weight is 368 g/mol. The summed E-state index contributed by atoms with van der Waals surface area (Å²) in [4.78, 5) is 4.78. The Kier molecular flexibility index (Phi) is 11.9. The van der Waals surface area contributed by atoms with E-state index in [2.05, 4.69) is 43.3 Å². The molecule has 1 heteroatoms. The van der Waals surface area contributed by atoms with Gasteiger partial charge in [-0.25, -0.2) is 0 Å². The van der Waals surface area contributed by atoms with E-state index in [0.29, 0.717) is 0 Å². The number of unbranched alkanes of at least 4 members (excludes halogenated alkanes) is 14. The van der Waals surface area contributed by atoms with Crippen LogP contribution in [0.5, 0.6) is 0 Å². The highest BCUT2D eigenvalue weighted by atomic mass is 14.7. The highest BCUT2D eigenvalue weighted by molar-refractivity contribution is 5.78. The molecule has 0 aliphatic carbocycles. The van der Waals surface area contributed by atoms with Crippen molar-refractivity contribution < 1.29 is 0 Å². The quantitative estimate of drug-likeness (QED) is 0.270. The Bertz CT molecular complexity index is 604.